The van der Waals surface area contributed by atoms with Crippen molar-refractivity contribution >= 4 is 51.6 Å². The van der Waals surface area contributed by atoms with Crippen LogP contribution in [-0.2, 0) is 12.5 Å². The molecule has 0 fully saturated rings. The zero-order valence-corrected chi connectivity index (χ0v) is 17.1. The summed E-state index contributed by atoms with van der Waals surface area (Å²) in [5.41, 5.74) is 0. The molecule has 0 amide bonds. The molecular formula is C15H18ClN3O3S3. The molecule has 3 heterocycles. The highest BCUT2D eigenvalue weighted by Gasteiger charge is 2.04. The quantitative estimate of drug-likeness (QED) is 0.615. The van der Waals surface area contributed by atoms with Crippen LogP contribution in [0.1, 0.15) is 34.4 Å². The van der Waals surface area contributed by atoms with E-state index < -0.39 is 5.97 Å². The SMILES string of the molecule is Cc1ncc(C(=O)O)s1.Cc1ncc(CCl)s1.Cc1ncc(CO)s1. The molecule has 10 heteroatoms. The summed E-state index contributed by atoms with van der Waals surface area (Å²) in [6.07, 6.45) is 4.87. The monoisotopic (exact) mass is 419 g/mol. The zero-order chi connectivity index (χ0) is 18.8. The van der Waals surface area contributed by atoms with Crippen LogP contribution in [-0.4, -0.2) is 31.1 Å². The number of hydrogen-bond donors (Lipinski definition) is 2. The molecule has 25 heavy (non-hydrogen) atoms. The van der Waals surface area contributed by atoms with Crippen molar-refractivity contribution < 1.29 is 15.0 Å². The summed E-state index contributed by atoms with van der Waals surface area (Å²) in [6.45, 7) is 5.78. The largest absolute Gasteiger partial charge is 0.477 e. The van der Waals surface area contributed by atoms with Gasteiger partial charge in [0.05, 0.1) is 38.6 Å². The lowest BCUT2D eigenvalue weighted by molar-refractivity contribution is 0.0702. The number of aromatic carboxylic acids is 1. The van der Waals surface area contributed by atoms with Crippen LogP contribution in [0, 0.1) is 20.8 Å². The summed E-state index contributed by atoms with van der Waals surface area (Å²) >= 11 is 9.87. The van der Waals surface area contributed by atoms with E-state index in [2.05, 4.69) is 15.0 Å². The van der Waals surface area contributed by atoms with Gasteiger partial charge in [0, 0.05) is 17.3 Å². The van der Waals surface area contributed by atoms with Crippen molar-refractivity contribution in [1.82, 2.24) is 15.0 Å². The minimum absolute atomic E-state index is 0.117. The number of aliphatic hydroxyl groups excluding tert-OH is 1. The van der Waals surface area contributed by atoms with E-state index in [1.165, 1.54) is 28.9 Å². The van der Waals surface area contributed by atoms with Crippen LogP contribution < -0.4 is 0 Å². The first-order valence-electron chi connectivity index (χ1n) is 7.00. The molecule has 0 aromatic carbocycles. The van der Waals surface area contributed by atoms with Crippen molar-refractivity contribution in [2.75, 3.05) is 0 Å². The van der Waals surface area contributed by atoms with Gasteiger partial charge in [-0.25, -0.2) is 19.7 Å². The number of hydrogen-bond acceptors (Lipinski definition) is 8. The summed E-state index contributed by atoms with van der Waals surface area (Å²) in [6, 6.07) is 0. The van der Waals surface area contributed by atoms with Gasteiger partial charge in [-0.05, 0) is 20.8 Å². The lowest BCUT2D eigenvalue weighted by atomic mass is 10.6. The molecule has 0 unspecified atom stereocenters. The Morgan fingerprint density at radius 3 is 1.64 bits per heavy atom. The molecule has 0 spiro atoms. The van der Waals surface area contributed by atoms with Crippen LogP contribution in [0.3, 0.4) is 0 Å². The van der Waals surface area contributed by atoms with Crippen LogP contribution in [0.25, 0.3) is 0 Å². The molecule has 3 rings (SSSR count). The fraction of sp³-hybridized carbons (Fsp3) is 0.333. The number of halogens is 1. The topological polar surface area (TPSA) is 96.2 Å². The molecule has 0 saturated carbocycles. The fourth-order valence-corrected chi connectivity index (χ4v) is 3.55. The second-order valence-corrected chi connectivity index (χ2v) is 8.67. The summed E-state index contributed by atoms with van der Waals surface area (Å²) in [5, 5.41) is 19.8. The number of rotatable bonds is 3. The Hall–Kier alpha value is -1.39. The molecule has 0 aliphatic carbocycles. The highest BCUT2D eigenvalue weighted by molar-refractivity contribution is 7.13. The smallest absolute Gasteiger partial charge is 0.347 e. The third-order valence-electron chi connectivity index (χ3n) is 2.46. The van der Waals surface area contributed by atoms with Crippen molar-refractivity contribution in [2.45, 2.75) is 33.3 Å². The van der Waals surface area contributed by atoms with E-state index in [0.29, 0.717) is 10.8 Å². The first-order valence-corrected chi connectivity index (χ1v) is 9.99. The van der Waals surface area contributed by atoms with E-state index in [4.69, 9.17) is 21.8 Å². The molecule has 136 valence electrons. The van der Waals surface area contributed by atoms with E-state index in [1.807, 2.05) is 20.0 Å². The maximum absolute atomic E-state index is 10.2. The summed E-state index contributed by atoms with van der Waals surface area (Å²) in [4.78, 5) is 24.3. The number of thiazole rings is 3. The van der Waals surface area contributed by atoms with Gasteiger partial charge in [-0.2, -0.15) is 0 Å². The van der Waals surface area contributed by atoms with Gasteiger partial charge < -0.3 is 10.2 Å². The number of carbonyl (C=O) groups is 1. The molecule has 0 bridgehead atoms. The van der Waals surface area contributed by atoms with E-state index in [-0.39, 0.29) is 6.61 Å². The Kier molecular flexibility index (Phi) is 9.76. The highest BCUT2D eigenvalue weighted by Crippen LogP contribution is 2.13. The minimum Gasteiger partial charge on any atom is -0.477 e. The van der Waals surface area contributed by atoms with Crippen LogP contribution in [0.5, 0.6) is 0 Å². The van der Waals surface area contributed by atoms with E-state index in [0.717, 1.165) is 24.8 Å². The summed E-state index contributed by atoms with van der Waals surface area (Å²) in [5.74, 6) is -0.313. The Balaban J connectivity index is 0.000000188. The average Bonchev–Trinajstić information content (AvgIpc) is 3.30. The molecule has 0 aliphatic heterocycles. The Bertz CT molecular complexity index is 745. The number of nitrogens with zero attached hydrogens (tertiary/aromatic N) is 3. The van der Waals surface area contributed by atoms with Gasteiger partial charge in [-0.3, -0.25) is 0 Å². The maximum Gasteiger partial charge on any atom is 0.347 e. The van der Waals surface area contributed by atoms with Gasteiger partial charge in [-0.15, -0.1) is 45.6 Å². The van der Waals surface area contributed by atoms with Crippen molar-refractivity contribution in [1.29, 1.82) is 0 Å². The lowest BCUT2D eigenvalue weighted by Gasteiger charge is -1.78. The predicted molar refractivity (Wildman–Crippen MR) is 103 cm³/mol. The van der Waals surface area contributed by atoms with Gasteiger partial charge in [-0.1, -0.05) is 0 Å². The third-order valence-corrected chi connectivity index (χ3v) is 5.62. The fourth-order valence-electron chi connectivity index (χ4n) is 1.41. The second-order valence-electron chi connectivity index (χ2n) is 4.53. The molecule has 6 nitrogen and oxygen atoms in total. The van der Waals surface area contributed by atoms with Crippen molar-refractivity contribution in [3.05, 3.63) is 48.2 Å². The Morgan fingerprint density at radius 1 is 0.960 bits per heavy atom. The third kappa shape index (κ3) is 8.50. The van der Waals surface area contributed by atoms with Gasteiger partial charge in [0.2, 0.25) is 0 Å². The zero-order valence-electron chi connectivity index (χ0n) is 13.9. The molecule has 0 saturated heterocycles. The number of aryl methyl sites for hydroxylation is 3. The van der Waals surface area contributed by atoms with Gasteiger partial charge >= 0.3 is 5.97 Å². The van der Waals surface area contributed by atoms with Crippen LogP contribution in [0.15, 0.2) is 18.6 Å². The lowest BCUT2D eigenvalue weighted by Crippen LogP contribution is -1.89. The van der Waals surface area contributed by atoms with Crippen LogP contribution in [0.4, 0.5) is 0 Å². The number of carboxylic acids is 1. The summed E-state index contributed by atoms with van der Waals surface area (Å²) in [7, 11) is 0. The normalized spacial score (nSPS) is 9.64. The van der Waals surface area contributed by atoms with E-state index in [1.54, 1.807) is 24.5 Å². The molecule has 3 aromatic heterocycles. The Morgan fingerprint density at radius 2 is 1.44 bits per heavy atom. The first kappa shape index (κ1) is 21.7. The molecule has 2 N–H and O–H groups in total. The number of alkyl halides is 1. The van der Waals surface area contributed by atoms with Crippen molar-refractivity contribution in [3.8, 4) is 0 Å². The number of carboxylic acid groups (broad SMARTS) is 1. The van der Waals surface area contributed by atoms with E-state index in [9.17, 15) is 4.79 Å². The molecule has 0 aliphatic rings. The van der Waals surface area contributed by atoms with Gasteiger partial charge in [0.1, 0.15) is 4.88 Å². The van der Waals surface area contributed by atoms with Crippen molar-refractivity contribution in [2.24, 2.45) is 0 Å². The second kappa shape index (κ2) is 11.3. The van der Waals surface area contributed by atoms with Crippen LogP contribution in [0.2, 0.25) is 0 Å². The molecular weight excluding hydrogens is 402 g/mol. The maximum atomic E-state index is 10.2. The van der Waals surface area contributed by atoms with E-state index >= 15 is 0 Å². The number of aromatic nitrogens is 3. The Labute approximate surface area is 162 Å². The summed E-state index contributed by atoms with van der Waals surface area (Å²) < 4.78 is 0. The van der Waals surface area contributed by atoms with Crippen LogP contribution >= 0.6 is 45.6 Å². The molecule has 3 aromatic rings. The van der Waals surface area contributed by atoms with Gasteiger partial charge in [0.25, 0.3) is 0 Å². The predicted octanol–water partition coefficient (Wildman–Crippen LogP) is 4.28. The first-order chi connectivity index (χ1) is 11.8. The standard InChI is InChI=1S/C5H6ClNS.C5H5NO2S.C5H7NOS/c1-4-7-3-5(2-6)8-4;1-3-6-2-4(9-3)5(7)8;1-4-6-2-5(3-7)8-4/h3H,2H2,1H3;2H,1H3,(H,7,8);2,7H,3H2,1H3. The number of aliphatic hydroxyl groups is 1. The molecule has 0 radical (unpaired) electrons. The average molecular weight is 420 g/mol. The minimum atomic E-state index is -0.902. The molecule has 0 atom stereocenters. The highest BCUT2D eigenvalue weighted by atomic mass is 35.5. The van der Waals surface area contributed by atoms with Gasteiger partial charge in [0.15, 0.2) is 0 Å². The van der Waals surface area contributed by atoms with Crippen molar-refractivity contribution in [3.63, 3.8) is 0 Å².